The molecule has 0 aliphatic heterocycles. The third-order valence-corrected chi connectivity index (χ3v) is 4.41. The summed E-state index contributed by atoms with van der Waals surface area (Å²) in [5.74, 6) is 0.870. The molecule has 0 saturated heterocycles. The first kappa shape index (κ1) is 13.7. The van der Waals surface area contributed by atoms with Crippen molar-refractivity contribution < 1.29 is 15.0 Å². The zero-order chi connectivity index (χ0) is 12.2. The minimum Gasteiger partial charge on any atom is -0.396 e. The normalized spacial score (nSPS) is 32.7. The zero-order valence-corrected chi connectivity index (χ0v) is 10.4. The quantitative estimate of drug-likeness (QED) is 0.703. The summed E-state index contributed by atoms with van der Waals surface area (Å²) in [6, 6.07) is 0. The van der Waals surface area contributed by atoms with Crippen LogP contribution in [0.1, 0.15) is 39.5 Å². The van der Waals surface area contributed by atoms with Gasteiger partial charge in [-0.05, 0) is 37.5 Å². The van der Waals surface area contributed by atoms with E-state index in [2.05, 4.69) is 6.92 Å². The molecule has 1 fully saturated rings. The van der Waals surface area contributed by atoms with Gasteiger partial charge >= 0.3 is 0 Å². The lowest BCUT2D eigenvalue weighted by Crippen LogP contribution is -2.33. The van der Waals surface area contributed by atoms with Crippen molar-refractivity contribution in [3.8, 4) is 0 Å². The van der Waals surface area contributed by atoms with Gasteiger partial charge in [-0.2, -0.15) is 0 Å². The fourth-order valence-corrected chi connectivity index (χ4v) is 2.72. The van der Waals surface area contributed by atoms with E-state index >= 15 is 0 Å². The first-order valence-electron chi connectivity index (χ1n) is 6.24. The van der Waals surface area contributed by atoms with Crippen LogP contribution in [0.15, 0.2) is 0 Å². The number of rotatable bonds is 5. The van der Waals surface area contributed by atoms with E-state index in [-0.39, 0.29) is 24.5 Å². The molecule has 1 rings (SSSR count). The lowest BCUT2D eigenvalue weighted by atomic mass is 9.67. The monoisotopic (exact) mass is 228 g/mol. The van der Waals surface area contributed by atoms with Gasteiger partial charge in [0.1, 0.15) is 6.29 Å². The van der Waals surface area contributed by atoms with E-state index in [9.17, 15) is 4.79 Å². The van der Waals surface area contributed by atoms with Crippen LogP contribution < -0.4 is 0 Å². The maximum atomic E-state index is 10.9. The van der Waals surface area contributed by atoms with Crippen LogP contribution in [0.5, 0.6) is 0 Å². The first-order chi connectivity index (χ1) is 7.56. The van der Waals surface area contributed by atoms with Crippen molar-refractivity contribution in [2.45, 2.75) is 39.5 Å². The third kappa shape index (κ3) is 3.05. The summed E-state index contributed by atoms with van der Waals surface area (Å²) in [7, 11) is 0. The Morgan fingerprint density at radius 3 is 2.19 bits per heavy atom. The summed E-state index contributed by atoms with van der Waals surface area (Å²) in [6.07, 6.45) is 5.04. The molecule has 0 aromatic carbocycles. The van der Waals surface area contributed by atoms with Crippen LogP contribution in [-0.2, 0) is 4.79 Å². The summed E-state index contributed by atoms with van der Waals surface area (Å²) in [5, 5.41) is 18.3. The van der Waals surface area contributed by atoms with Gasteiger partial charge in [-0.3, -0.25) is 0 Å². The van der Waals surface area contributed by atoms with Crippen molar-refractivity contribution in [1.82, 2.24) is 0 Å². The molecule has 16 heavy (non-hydrogen) atoms. The first-order valence-corrected chi connectivity index (χ1v) is 6.24. The highest BCUT2D eigenvalue weighted by atomic mass is 16.3. The van der Waals surface area contributed by atoms with Crippen LogP contribution in [0.4, 0.5) is 0 Å². The maximum absolute atomic E-state index is 10.9. The number of hydrogen-bond acceptors (Lipinski definition) is 3. The Kier molecular flexibility index (Phi) is 4.93. The number of carbonyl (C=O) groups is 1. The van der Waals surface area contributed by atoms with Crippen molar-refractivity contribution in [3.05, 3.63) is 0 Å². The molecule has 2 N–H and O–H groups in total. The van der Waals surface area contributed by atoms with E-state index in [0.29, 0.717) is 11.8 Å². The Morgan fingerprint density at radius 2 is 1.81 bits per heavy atom. The smallest absolute Gasteiger partial charge is 0.125 e. The van der Waals surface area contributed by atoms with Crippen molar-refractivity contribution in [2.24, 2.45) is 23.2 Å². The second kappa shape index (κ2) is 5.78. The van der Waals surface area contributed by atoms with E-state index in [0.717, 1.165) is 32.0 Å². The topological polar surface area (TPSA) is 57.5 Å². The van der Waals surface area contributed by atoms with Crippen LogP contribution in [0, 0.1) is 23.2 Å². The van der Waals surface area contributed by atoms with Crippen LogP contribution in [0.25, 0.3) is 0 Å². The molecule has 0 spiro atoms. The number of aldehydes is 1. The lowest BCUT2D eigenvalue weighted by molar-refractivity contribution is -0.117. The Balaban J connectivity index is 2.50. The van der Waals surface area contributed by atoms with Gasteiger partial charge in [0.2, 0.25) is 0 Å². The predicted octanol–water partition coefficient (Wildman–Crippen LogP) is 1.62. The Hall–Kier alpha value is -0.410. The molecule has 1 unspecified atom stereocenters. The molecular formula is C13H24O3. The molecule has 0 bridgehead atoms. The summed E-state index contributed by atoms with van der Waals surface area (Å²) < 4.78 is 0. The van der Waals surface area contributed by atoms with Crippen LogP contribution in [0.3, 0.4) is 0 Å². The molecule has 0 heterocycles. The second-order valence-corrected chi connectivity index (χ2v) is 5.59. The molecule has 0 amide bonds. The summed E-state index contributed by atoms with van der Waals surface area (Å²) >= 11 is 0. The summed E-state index contributed by atoms with van der Waals surface area (Å²) in [6.45, 7) is 4.24. The van der Waals surface area contributed by atoms with Crippen LogP contribution in [0.2, 0.25) is 0 Å². The Labute approximate surface area is 97.9 Å². The molecule has 1 atom stereocenters. The van der Waals surface area contributed by atoms with Crippen molar-refractivity contribution >= 4 is 6.29 Å². The summed E-state index contributed by atoms with van der Waals surface area (Å²) in [4.78, 5) is 10.9. The van der Waals surface area contributed by atoms with Crippen LogP contribution in [-0.4, -0.2) is 29.7 Å². The highest BCUT2D eigenvalue weighted by molar-refractivity contribution is 5.58. The third-order valence-electron chi connectivity index (χ3n) is 4.41. The largest absolute Gasteiger partial charge is 0.396 e. The lowest BCUT2D eigenvalue weighted by Gasteiger charge is -2.37. The zero-order valence-electron chi connectivity index (χ0n) is 10.4. The van der Waals surface area contributed by atoms with Crippen molar-refractivity contribution in [2.75, 3.05) is 13.2 Å². The number of carbonyl (C=O) groups excluding carboxylic acids is 1. The number of aliphatic hydroxyl groups is 2. The van der Waals surface area contributed by atoms with Gasteiger partial charge in [-0.1, -0.05) is 13.8 Å². The molecule has 3 nitrogen and oxygen atoms in total. The SMILES string of the molecule is CC(C(CO)CO)C1CCC(C)(C=O)CC1. The Morgan fingerprint density at radius 1 is 1.31 bits per heavy atom. The molecule has 0 aromatic heterocycles. The predicted molar refractivity (Wildman–Crippen MR) is 63.0 cm³/mol. The minimum atomic E-state index is -0.135. The van der Waals surface area contributed by atoms with E-state index in [4.69, 9.17) is 10.2 Å². The highest BCUT2D eigenvalue weighted by Crippen LogP contribution is 2.41. The van der Waals surface area contributed by atoms with Gasteiger partial charge in [0, 0.05) is 24.5 Å². The molecule has 1 aliphatic rings. The maximum Gasteiger partial charge on any atom is 0.125 e. The van der Waals surface area contributed by atoms with Crippen LogP contribution >= 0.6 is 0 Å². The fourth-order valence-electron chi connectivity index (χ4n) is 2.72. The van der Waals surface area contributed by atoms with E-state index in [1.165, 1.54) is 0 Å². The fraction of sp³-hybridized carbons (Fsp3) is 0.923. The van der Waals surface area contributed by atoms with Crippen molar-refractivity contribution in [3.63, 3.8) is 0 Å². The molecule has 3 heteroatoms. The molecule has 0 aromatic rings. The minimum absolute atomic E-state index is 0.00872. The molecule has 94 valence electrons. The van der Waals surface area contributed by atoms with E-state index in [1.807, 2.05) is 6.92 Å². The second-order valence-electron chi connectivity index (χ2n) is 5.59. The van der Waals surface area contributed by atoms with Gasteiger partial charge in [0.05, 0.1) is 0 Å². The molecular weight excluding hydrogens is 204 g/mol. The standard InChI is InChI=1S/C13H24O3/c1-10(12(7-14)8-15)11-3-5-13(2,9-16)6-4-11/h9-12,14-15H,3-8H2,1-2H3. The number of hydrogen-bond donors (Lipinski definition) is 2. The van der Waals surface area contributed by atoms with Gasteiger partial charge < -0.3 is 15.0 Å². The average molecular weight is 228 g/mol. The molecule has 1 saturated carbocycles. The van der Waals surface area contributed by atoms with Gasteiger partial charge in [0.25, 0.3) is 0 Å². The van der Waals surface area contributed by atoms with E-state index < -0.39 is 0 Å². The highest BCUT2D eigenvalue weighted by Gasteiger charge is 2.34. The molecule has 1 aliphatic carbocycles. The van der Waals surface area contributed by atoms with Gasteiger partial charge in [-0.15, -0.1) is 0 Å². The average Bonchev–Trinajstić information content (AvgIpc) is 2.31. The summed E-state index contributed by atoms with van der Waals surface area (Å²) in [5.41, 5.74) is -0.135. The Bertz CT molecular complexity index is 215. The van der Waals surface area contributed by atoms with Crippen molar-refractivity contribution in [1.29, 1.82) is 0 Å². The number of aliphatic hydroxyl groups excluding tert-OH is 2. The van der Waals surface area contributed by atoms with Gasteiger partial charge in [-0.25, -0.2) is 0 Å². The van der Waals surface area contributed by atoms with E-state index in [1.54, 1.807) is 0 Å². The van der Waals surface area contributed by atoms with Gasteiger partial charge in [0.15, 0.2) is 0 Å². The molecule has 0 radical (unpaired) electrons.